The molecular weight excluding hydrogens is 202 g/mol. The van der Waals surface area contributed by atoms with E-state index in [2.05, 4.69) is 19.2 Å². The summed E-state index contributed by atoms with van der Waals surface area (Å²) < 4.78 is 11.6. The Hall–Kier alpha value is -0.120. The fourth-order valence-corrected chi connectivity index (χ4v) is 3.28. The van der Waals surface area contributed by atoms with Crippen molar-refractivity contribution >= 4 is 0 Å². The number of rotatable bonds is 3. The molecule has 2 rings (SSSR count). The van der Waals surface area contributed by atoms with Crippen LogP contribution in [0.15, 0.2) is 0 Å². The zero-order valence-electron chi connectivity index (χ0n) is 10.6. The highest BCUT2D eigenvalue weighted by molar-refractivity contribution is 4.98. The Balaban J connectivity index is 2.08. The van der Waals surface area contributed by atoms with Crippen LogP contribution in [0.1, 0.15) is 39.5 Å². The summed E-state index contributed by atoms with van der Waals surface area (Å²) in [5.74, 6) is 0.731. The third-order valence-electron chi connectivity index (χ3n) is 4.36. The van der Waals surface area contributed by atoms with Gasteiger partial charge in [-0.05, 0) is 31.6 Å². The van der Waals surface area contributed by atoms with Crippen LogP contribution in [0.3, 0.4) is 0 Å². The molecule has 2 heterocycles. The van der Waals surface area contributed by atoms with Gasteiger partial charge in [-0.2, -0.15) is 0 Å². The molecular formula is C13H25NO2. The molecule has 0 aromatic carbocycles. The molecule has 2 aliphatic heterocycles. The lowest BCUT2D eigenvalue weighted by Crippen LogP contribution is -2.61. The van der Waals surface area contributed by atoms with Crippen molar-refractivity contribution in [3.63, 3.8) is 0 Å². The van der Waals surface area contributed by atoms with Crippen molar-refractivity contribution < 1.29 is 9.47 Å². The fourth-order valence-electron chi connectivity index (χ4n) is 3.28. The smallest absolute Gasteiger partial charge is 0.0832 e. The molecule has 0 saturated carbocycles. The maximum atomic E-state index is 6.13. The molecule has 94 valence electrons. The Morgan fingerprint density at radius 1 is 1.12 bits per heavy atom. The van der Waals surface area contributed by atoms with Crippen LogP contribution in [-0.4, -0.2) is 38.0 Å². The zero-order valence-corrected chi connectivity index (χ0v) is 10.6. The first-order chi connectivity index (χ1) is 7.82. The van der Waals surface area contributed by atoms with Gasteiger partial charge in [-0.25, -0.2) is 0 Å². The van der Waals surface area contributed by atoms with Crippen LogP contribution < -0.4 is 5.32 Å². The Morgan fingerprint density at radius 3 is 2.44 bits per heavy atom. The maximum Gasteiger partial charge on any atom is 0.0832 e. The van der Waals surface area contributed by atoms with Crippen molar-refractivity contribution in [1.82, 2.24) is 5.32 Å². The topological polar surface area (TPSA) is 30.5 Å². The van der Waals surface area contributed by atoms with Crippen LogP contribution in [0.5, 0.6) is 0 Å². The van der Waals surface area contributed by atoms with E-state index in [0.717, 1.165) is 45.1 Å². The summed E-state index contributed by atoms with van der Waals surface area (Å²) in [7, 11) is 0. The highest BCUT2D eigenvalue weighted by Gasteiger charge is 2.43. The van der Waals surface area contributed by atoms with Gasteiger partial charge in [0.25, 0.3) is 0 Å². The van der Waals surface area contributed by atoms with Gasteiger partial charge in [-0.15, -0.1) is 0 Å². The maximum absolute atomic E-state index is 6.13. The van der Waals surface area contributed by atoms with E-state index in [1.165, 1.54) is 12.8 Å². The molecule has 0 aliphatic carbocycles. The predicted molar refractivity (Wildman–Crippen MR) is 64.6 cm³/mol. The van der Waals surface area contributed by atoms with E-state index >= 15 is 0 Å². The SMILES string of the molecule is CCC1(CC)OCCNC1C1CCOCC1. The average Bonchev–Trinajstić information content (AvgIpc) is 2.39. The van der Waals surface area contributed by atoms with Crippen LogP contribution >= 0.6 is 0 Å². The average molecular weight is 227 g/mol. The minimum Gasteiger partial charge on any atom is -0.381 e. The Morgan fingerprint density at radius 2 is 1.81 bits per heavy atom. The fraction of sp³-hybridized carbons (Fsp3) is 1.00. The van der Waals surface area contributed by atoms with Crippen molar-refractivity contribution in [3.05, 3.63) is 0 Å². The number of ether oxygens (including phenoxy) is 2. The van der Waals surface area contributed by atoms with Gasteiger partial charge in [0.05, 0.1) is 12.2 Å². The third kappa shape index (κ3) is 2.27. The van der Waals surface area contributed by atoms with E-state index in [4.69, 9.17) is 9.47 Å². The summed E-state index contributed by atoms with van der Waals surface area (Å²) in [6.07, 6.45) is 4.59. The van der Waals surface area contributed by atoms with Crippen LogP contribution in [-0.2, 0) is 9.47 Å². The van der Waals surface area contributed by atoms with E-state index in [-0.39, 0.29) is 5.60 Å². The van der Waals surface area contributed by atoms with Crippen LogP contribution in [0, 0.1) is 5.92 Å². The molecule has 3 nitrogen and oxygen atoms in total. The van der Waals surface area contributed by atoms with Gasteiger partial charge >= 0.3 is 0 Å². The molecule has 0 radical (unpaired) electrons. The lowest BCUT2D eigenvalue weighted by molar-refractivity contribution is -0.124. The van der Waals surface area contributed by atoms with Crippen LogP contribution in [0.25, 0.3) is 0 Å². The van der Waals surface area contributed by atoms with Gasteiger partial charge in [0.15, 0.2) is 0 Å². The highest BCUT2D eigenvalue weighted by atomic mass is 16.5. The quantitative estimate of drug-likeness (QED) is 0.799. The number of hydrogen-bond acceptors (Lipinski definition) is 3. The number of nitrogens with one attached hydrogen (secondary N) is 1. The summed E-state index contributed by atoms with van der Waals surface area (Å²) in [5, 5.41) is 3.70. The van der Waals surface area contributed by atoms with E-state index in [1.807, 2.05) is 0 Å². The standard InChI is InChI=1S/C13H25NO2/c1-3-13(4-2)12(14-7-10-16-13)11-5-8-15-9-6-11/h11-12,14H,3-10H2,1-2H3. The second-order valence-corrected chi connectivity index (χ2v) is 5.00. The van der Waals surface area contributed by atoms with Crippen molar-refractivity contribution in [3.8, 4) is 0 Å². The van der Waals surface area contributed by atoms with E-state index in [9.17, 15) is 0 Å². The predicted octanol–water partition coefficient (Wildman–Crippen LogP) is 1.96. The first kappa shape index (κ1) is 12.3. The normalized spacial score (nSPS) is 31.5. The van der Waals surface area contributed by atoms with Gasteiger partial charge in [0.2, 0.25) is 0 Å². The largest absolute Gasteiger partial charge is 0.381 e. The van der Waals surface area contributed by atoms with Crippen LogP contribution in [0.2, 0.25) is 0 Å². The van der Waals surface area contributed by atoms with E-state index < -0.39 is 0 Å². The van der Waals surface area contributed by atoms with E-state index in [0.29, 0.717) is 6.04 Å². The molecule has 0 aromatic heterocycles. The van der Waals surface area contributed by atoms with E-state index in [1.54, 1.807) is 0 Å². The van der Waals surface area contributed by atoms with Gasteiger partial charge in [0, 0.05) is 25.8 Å². The zero-order chi connectivity index (χ0) is 11.4. The number of morpholine rings is 1. The monoisotopic (exact) mass is 227 g/mol. The Bertz CT molecular complexity index is 210. The van der Waals surface area contributed by atoms with Crippen molar-refractivity contribution in [2.75, 3.05) is 26.4 Å². The minimum absolute atomic E-state index is 0.0697. The van der Waals surface area contributed by atoms with Gasteiger partial charge < -0.3 is 14.8 Å². The number of hydrogen-bond donors (Lipinski definition) is 1. The molecule has 2 saturated heterocycles. The lowest BCUT2D eigenvalue weighted by atomic mass is 9.76. The molecule has 2 fully saturated rings. The molecule has 3 heteroatoms. The summed E-state index contributed by atoms with van der Waals surface area (Å²) in [5.41, 5.74) is 0.0697. The van der Waals surface area contributed by atoms with Crippen molar-refractivity contribution in [1.29, 1.82) is 0 Å². The molecule has 2 aliphatic rings. The molecule has 0 amide bonds. The van der Waals surface area contributed by atoms with Crippen molar-refractivity contribution in [2.24, 2.45) is 5.92 Å². The minimum atomic E-state index is 0.0697. The molecule has 0 bridgehead atoms. The van der Waals surface area contributed by atoms with Gasteiger partial charge in [0.1, 0.15) is 0 Å². The lowest BCUT2D eigenvalue weighted by Gasteiger charge is -2.48. The van der Waals surface area contributed by atoms with Gasteiger partial charge in [-0.1, -0.05) is 13.8 Å². The molecule has 16 heavy (non-hydrogen) atoms. The molecule has 0 spiro atoms. The Kier molecular flexibility index (Phi) is 4.22. The highest BCUT2D eigenvalue weighted by Crippen LogP contribution is 2.35. The summed E-state index contributed by atoms with van der Waals surface area (Å²) in [4.78, 5) is 0. The first-order valence-electron chi connectivity index (χ1n) is 6.77. The summed E-state index contributed by atoms with van der Waals surface area (Å²) in [6.45, 7) is 8.22. The Labute approximate surface area is 98.9 Å². The molecule has 1 atom stereocenters. The third-order valence-corrected chi connectivity index (χ3v) is 4.36. The second-order valence-electron chi connectivity index (χ2n) is 5.00. The molecule has 1 unspecified atom stereocenters. The van der Waals surface area contributed by atoms with Crippen LogP contribution in [0.4, 0.5) is 0 Å². The van der Waals surface area contributed by atoms with Crippen molar-refractivity contribution in [2.45, 2.75) is 51.2 Å². The molecule has 0 aromatic rings. The second kappa shape index (κ2) is 5.48. The first-order valence-corrected chi connectivity index (χ1v) is 6.77. The summed E-state index contributed by atoms with van der Waals surface area (Å²) in [6, 6.07) is 0.528. The van der Waals surface area contributed by atoms with Gasteiger partial charge in [-0.3, -0.25) is 0 Å². The molecule has 1 N–H and O–H groups in total. The summed E-state index contributed by atoms with van der Waals surface area (Å²) >= 11 is 0.